The van der Waals surface area contributed by atoms with Gasteiger partial charge in [0.25, 0.3) is 0 Å². The summed E-state index contributed by atoms with van der Waals surface area (Å²) in [6.07, 6.45) is 0.662. The van der Waals surface area contributed by atoms with E-state index in [-0.39, 0.29) is 0 Å². The van der Waals surface area contributed by atoms with E-state index in [0.717, 1.165) is 22.8 Å². The zero-order valence-corrected chi connectivity index (χ0v) is 17.6. The molecule has 0 spiro atoms. The zero-order valence-electron chi connectivity index (χ0n) is 15.6. The molecule has 2 aromatic rings. The van der Waals surface area contributed by atoms with Crippen LogP contribution < -0.4 is 9.47 Å². The Morgan fingerprint density at radius 3 is 2.08 bits per heavy atom. The summed E-state index contributed by atoms with van der Waals surface area (Å²) in [4.78, 5) is 0. The highest BCUT2D eigenvalue weighted by Crippen LogP contribution is 2.28. The first-order valence-electron chi connectivity index (χ1n) is 8.31. The number of ether oxygens (including phenoxy) is 2. The maximum atomic E-state index is 6.31. The van der Waals surface area contributed by atoms with Gasteiger partial charge in [-0.1, -0.05) is 18.2 Å². The van der Waals surface area contributed by atoms with E-state index in [2.05, 4.69) is 32.7 Å². The van der Waals surface area contributed by atoms with Crippen LogP contribution in [-0.2, 0) is 4.12 Å². The molecule has 0 radical (unpaired) electrons. The second-order valence-corrected chi connectivity index (χ2v) is 16.5. The molecule has 2 rings (SSSR count). The van der Waals surface area contributed by atoms with Gasteiger partial charge in [0.05, 0.1) is 0 Å². The topological polar surface area (TPSA) is 27.7 Å². The molecule has 0 amide bonds. The van der Waals surface area contributed by atoms with Gasteiger partial charge in [-0.3, -0.25) is 0 Å². The lowest BCUT2D eigenvalue weighted by Crippen LogP contribution is -2.46. The minimum absolute atomic E-state index is 0.662. The largest absolute Gasteiger partial charge is 0.494 e. The first kappa shape index (κ1) is 18.8. The summed E-state index contributed by atoms with van der Waals surface area (Å²) in [5.74, 6) is 2.56. The molecule has 0 unspecified atom stereocenters. The van der Waals surface area contributed by atoms with Crippen molar-refractivity contribution in [3.8, 4) is 17.2 Å². The summed E-state index contributed by atoms with van der Waals surface area (Å²) in [6.45, 7) is 13.1. The number of aryl methyl sites for hydroxylation is 1. The van der Waals surface area contributed by atoms with Gasteiger partial charge in [-0.05, 0) is 75.6 Å². The third-order valence-electron chi connectivity index (χ3n) is 3.29. The summed E-state index contributed by atoms with van der Waals surface area (Å²) in [7, 11) is -3.34. The van der Waals surface area contributed by atoms with Crippen LogP contribution in [0.4, 0.5) is 0 Å². The molecule has 0 fully saturated rings. The van der Waals surface area contributed by atoms with Crippen LogP contribution in [0.1, 0.15) is 5.56 Å². The molecule has 0 atom stereocenters. The minimum Gasteiger partial charge on any atom is -0.494 e. The summed E-state index contributed by atoms with van der Waals surface area (Å²) in [5.41, 5.74) is 1.06. The lowest BCUT2D eigenvalue weighted by molar-refractivity contribution is 0.351. The monoisotopic (exact) mass is 360 g/mol. The van der Waals surface area contributed by atoms with Gasteiger partial charge in [0.2, 0.25) is 8.32 Å². The number of rotatable bonds is 7. The molecule has 0 aliphatic carbocycles. The smallest absolute Gasteiger partial charge is 0.213 e. The molecule has 5 heteroatoms. The van der Waals surface area contributed by atoms with Gasteiger partial charge in [-0.15, -0.1) is 0 Å². The van der Waals surface area contributed by atoms with Crippen LogP contribution in [-0.4, -0.2) is 22.9 Å². The zero-order chi connectivity index (χ0) is 17.8. The van der Waals surface area contributed by atoms with E-state index in [9.17, 15) is 0 Å². The number of para-hydroxylation sites is 1. The van der Waals surface area contributed by atoms with E-state index in [1.807, 2.05) is 55.5 Å². The molecule has 0 aliphatic rings. The lowest BCUT2D eigenvalue weighted by Gasteiger charge is -2.31. The molecule has 0 heterocycles. The molecule has 130 valence electrons. The lowest BCUT2D eigenvalue weighted by atomic mass is 10.2. The van der Waals surface area contributed by atoms with Crippen LogP contribution in [0, 0.1) is 6.92 Å². The molecule has 0 bridgehead atoms. The second kappa shape index (κ2) is 7.55. The SMILES string of the molecule is Cc1cc(OC[Si](C)(C)O[Si](C)(C)C)ccc1Oc1ccccc1. The Bertz CT molecular complexity index is 664. The summed E-state index contributed by atoms with van der Waals surface area (Å²) in [6, 6.07) is 15.8. The summed E-state index contributed by atoms with van der Waals surface area (Å²) < 4.78 is 18.2. The maximum absolute atomic E-state index is 6.31. The van der Waals surface area contributed by atoms with E-state index in [0.29, 0.717) is 6.23 Å². The number of hydrogen-bond acceptors (Lipinski definition) is 3. The van der Waals surface area contributed by atoms with Gasteiger partial charge in [0, 0.05) is 0 Å². The maximum Gasteiger partial charge on any atom is 0.213 e. The van der Waals surface area contributed by atoms with Gasteiger partial charge in [-0.2, -0.15) is 0 Å². The molecule has 3 nitrogen and oxygen atoms in total. The average Bonchev–Trinajstić information content (AvgIpc) is 2.46. The van der Waals surface area contributed by atoms with Crippen molar-refractivity contribution in [3.05, 3.63) is 54.1 Å². The fourth-order valence-electron chi connectivity index (χ4n) is 2.56. The minimum atomic E-state index is -1.81. The Morgan fingerprint density at radius 1 is 0.833 bits per heavy atom. The van der Waals surface area contributed by atoms with E-state index >= 15 is 0 Å². The fourth-order valence-corrected chi connectivity index (χ4v) is 9.94. The van der Waals surface area contributed by atoms with Crippen molar-refractivity contribution in [1.82, 2.24) is 0 Å². The summed E-state index contributed by atoms with van der Waals surface area (Å²) >= 11 is 0. The van der Waals surface area contributed by atoms with Crippen LogP contribution in [0.25, 0.3) is 0 Å². The van der Waals surface area contributed by atoms with E-state index in [4.69, 9.17) is 13.6 Å². The van der Waals surface area contributed by atoms with Crippen LogP contribution >= 0.6 is 0 Å². The van der Waals surface area contributed by atoms with Gasteiger partial charge in [-0.25, -0.2) is 0 Å². The normalized spacial score (nSPS) is 12.1. The van der Waals surface area contributed by atoms with Crippen molar-refractivity contribution in [2.75, 3.05) is 6.23 Å². The van der Waals surface area contributed by atoms with Gasteiger partial charge >= 0.3 is 0 Å². The third-order valence-corrected chi connectivity index (χ3v) is 8.79. The van der Waals surface area contributed by atoms with Crippen LogP contribution in [0.2, 0.25) is 32.7 Å². The molecular weight excluding hydrogens is 332 g/mol. The highest BCUT2D eigenvalue weighted by molar-refractivity contribution is 6.84. The Balaban J connectivity index is 1.99. The van der Waals surface area contributed by atoms with Gasteiger partial charge in [0.15, 0.2) is 8.32 Å². The Hall–Kier alpha value is -1.57. The first-order valence-corrected chi connectivity index (χ1v) is 14.8. The number of hydrogen-bond donors (Lipinski definition) is 0. The third kappa shape index (κ3) is 6.15. The standard InChI is InChI=1S/C19H28O3Si2/c1-16-14-18(20-15-24(5,6)22-23(2,3)4)12-13-19(16)21-17-10-8-7-9-11-17/h7-14H,15H2,1-6H3. The summed E-state index contributed by atoms with van der Waals surface area (Å²) in [5, 5.41) is 0. The van der Waals surface area contributed by atoms with Crippen LogP contribution in [0.3, 0.4) is 0 Å². The highest BCUT2D eigenvalue weighted by atomic mass is 28.4. The predicted molar refractivity (Wildman–Crippen MR) is 105 cm³/mol. The molecule has 0 saturated heterocycles. The van der Waals surface area contributed by atoms with E-state index in [1.165, 1.54) is 0 Å². The van der Waals surface area contributed by atoms with Gasteiger partial charge in [0.1, 0.15) is 23.5 Å². The number of benzene rings is 2. The molecule has 24 heavy (non-hydrogen) atoms. The van der Waals surface area contributed by atoms with Crippen molar-refractivity contribution in [1.29, 1.82) is 0 Å². The van der Waals surface area contributed by atoms with Crippen molar-refractivity contribution in [2.45, 2.75) is 39.7 Å². The molecule has 0 aromatic heterocycles. The van der Waals surface area contributed by atoms with Crippen molar-refractivity contribution >= 4 is 16.6 Å². The molecule has 0 saturated carbocycles. The van der Waals surface area contributed by atoms with E-state index < -0.39 is 16.6 Å². The molecule has 0 aliphatic heterocycles. The Morgan fingerprint density at radius 2 is 1.50 bits per heavy atom. The van der Waals surface area contributed by atoms with Crippen LogP contribution in [0.15, 0.2) is 48.5 Å². The van der Waals surface area contributed by atoms with Crippen molar-refractivity contribution < 1.29 is 13.6 Å². The average molecular weight is 361 g/mol. The quantitative estimate of drug-likeness (QED) is 0.587. The second-order valence-electron chi connectivity index (χ2n) is 7.61. The molecule has 0 N–H and O–H groups in total. The fraction of sp³-hybridized carbons (Fsp3) is 0.368. The highest BCUT2D eigenvalue weighted by Gasteiger charge is 2.30. The van der Waals surface area contributed by atoms with Gasteiger partial charge < -0.3 is 13.6 Å². The van der Waals surface area contributed by atoms with Crippen LogP contribution in [0.5, 0.6) is 17.2 Å². The Kier molecular flexibility index (Phi) is 5.90. The first-order chi connectivity index (χ1) is 11.1. The predicted octanol–water partition coefficient (Wildman–Crippen LogP) is 5.76. The molecule has 2 aromatic carbocycles. The van der Waals surface area contributed by atoms with Crippen molar-refractivity contribution in [3.63, 3.8) is 0 Å². The van der Waals surface area contributed by atoms with E-state index in [1.54, 1.807) is 0 Å². The molecular formula is C19H28O3Si2. The Labute approximate surface area is 147 Å². The van der Waals surface area contributed by atoms with Crippen molar-refractivity contribution in [2.24, 2.45) is 0 Å².